The van der Waals surface area contributed by atoms with Crippen molar-refractivity contribution in [3.05, 3.63) is 59.4 Å². The normalized spacial score (nSPS) is 23.4. The minimum atomic E-state index is 0.0268. The highest BCUT2D eigenvalue weighted by Crippen LogP contribution is 2.36. The minimum absolute atomic E-state index is 0.0268. The van der Waals surface area contributed by atoms with Crippen LogP contribution in [0, 0.1) is 11.8 Å². The van der Waals surface area contributed by atoms with Gasteiger partial charge in [-0.15, -0.1) is 0 Å². The summed E-state index contributed by atoms with van der Waals surface area (Å²) in [4.78, 5) is 0. The lowest BCUT2D eigenvalue weighted by molar-refractivity contribution is 0.0497. The van der Waals surface area contributed by atoms with Crippen molar-refractivity contribution in [2.75, 3.05) is 14.2 Å². The lowest BCUT2D eigenvalue weighted by Gasteiger charge is -2.33. The van der Waals surface area contributed by atoms with Crippen molar-refractivity contribution in [3.8, 4) is 0 Å². The monoisotopic (exact) mass is 330 g/mol. The number of rotatable bonds is 9. The summed E-state index contributed by atoms with van der Waals surface area (Å²) in [6.45, 7) is 12.8. The van der Waals surface area contributed by atoms with Gasteiger partial charge in [0.2, 0.25) is 0 Å². The molecule has 3 unspecified atom stereocenters. The molecule has 0 aromatic rings. The van der Waals surface area contributed by atoms with Crippen LogP contribution in [0.2, 0.25) is 0 Å². The zero-order valence-corrected chi connectivity index (χ0v) is 16.3. The van der Waals surface area contributed by atoms with Gasteiger partial charge in [0.1, 0.15) is 5.76 Å². The number of hydrogen-bond donors (Lipinski definition) is 0. The molecule has 2 heteroatoms. The van der Waals surface area contributed by atoms with Crippen LogP contribution in [-0.4, -0.2) is 20.3 Å². The molecule has 1 rings (SSSR count). The Morgan fingerprint density at radius 2 is 2.00 bits per heavy atom. The molecular formula is C22H34O2. The summed E-state index contributed by atoms with van der Waals surface area (Å²) in [5, 5.41) is 0. The number of allylic oxidation sites excluding steroid dienone is 7. The van der Waals surface area contributed by atoms with Gasteiger partial charge in [0, 0.05) is 13.0 Å². The summed E-state index contributed by atoms with van der Waals surface area (Å²) in [6, 6.07) is 0. The van der Waals surface area contributed by atoms with Crippen LogP contribution in [0.3, 0.4) is 0 Å². The lowest BCUT2D eigenvalue weighted by atomic mass is 9.80. The summed E-state index contributed by atoms with van der Waals surface area (Å²) in [6.07, 6.45) is 14.0. The third-order valence-corrected chi connectivity index (χ3v) is 4.83. The molecular weight excluding hydrogens is 296 g/mol. The smallest absolute Gasteiger partial charge is 0.102 e. The molecule has 0 radical (unpaired) electrons. The van der Waals surface area contributed by atoms with Gasteiger partial charge in [0.05, 0.1) is 13.2 Å². The van der Waals surface area contributed by atoms with Gasteiger partial charge >= 0.3 is 0 Å². The Balaban J connectivity index is 3.20. The zero-order valence-electron chi connectivity index (χ0n) is 16.3. The molecule has 0 saturated heterocycles. The minimum Gasteiger partial charge on any atom is -0.501 e. The molecule has 0 aromatic heterocycles. The van der Waals surface area contributed by atoms with Crippen LogP contribution in [-0.2, 0) is 9.47 Å². The Morgan fingerprint density at radius 1 is 1.29 bits per heavy atom. The third kappa shape index (κ3) is 5.24. The van der Waals surface area contributed by atoms with Gasteiger partial charge in [-0.2, -0.15) is 0 Å². The average Bonchev–Trinajstić information content (AvgIpc) is 2.60. The first kappa shape index (κ1) is 20.5. The fourth-order valence-electron chi connectivity index (χ4n) is 3.18. The first-order valence-electron chi connectivity index (χ1n) is 9.02. The van der Waals surface area contributed by atoms with Gasteiger partial charge < -0.3 is 9.47 Å². The molecule has 0 N–H and O–H groups in total. The van der Waals surface area contributed by atoms with Crippen LogP contribution in [0.15, 0.2) is 59.4 Å². The summed E-state index contributed by atoms with van der Waals surface area (Å²) >= 11 is 0. The molecule has 2 nitrogen and oxygen atoms in total. The van der Waals surface area contributed by atoms with Gasteiger partial charge in [0.15, 0.2) is 0 Å². The molecule has 134 valence electrons. The van der Waals surface area contributed by atoms with Crippen LogP contribution in [0.5, 0.6) is 0 Å². The zero-order chi connectivity index (χ0) is 18.1. The largest absolute Gasteiger partial charge is 0.501 e. The van der Waals surface area contributed by atoms with E-state index < -0.39 is 0 Å². The highest BCUT2D eigenvalue weighted by molar-refractivity contribution is 5.51. The molecule has 0 saturated carbocycles. The standard InChI is InChI=1S/C22H34O2/c1-8-11-16(4)12-13-18(10-3)19-14-20(23-6)22(17(5)9-2)21(15-19)24-7/h10,12-15,17,20,22H,3,8-9,11H2,1-2,4-7H3/b16-12-,18-13+. The Morgan fingerprint density at radius 3 is 2.50 bits per heavy atom. The molecule has 1 aliphatic rings. The van der Waals surface area contributed by atoms with Crippen LogP contribution < -0.4 is 0 Å². The quantitative estimate of drug-likeness (QED) is 0.483. The van der Waals surface area contributed by atoms with E-state index in [0.29, 0.717) is 5.92 Å². The van der Waals surface area contributed by atoms with Crippen molar-refractivity contribution in [2.24, 2.45) is 11.8 Å². The number of ether oxygens (including phenoxy) is 2. The molecule has 0 aromatic carbocycles. The predicted octanol–water partition coefficient (Wildman–Crippen LogP) is 5.99. The fraction of sp³-hybridized carbons (Fsp3) is 0.545. The van der Waals surface area contributed by atoms with Gasteiger partial charge in [-0.3, -0.25) is 0 Å². The molecule has 0 aliphatic heterocycles. The summed E-state index contributed by atoms with van der Waals surface area (Å²) in [5.74, 6) is 1.76. The molecule has 3 atom stereocenters. The highest BCUT2D eigenvalue weighted by atomic mass is 16.5. The van der Waals surface area contributed by atoms with Gasteiger partial charge in [-0.1, -0.05) is 64.0 Å². The third-order valence-electron chi connectivity index (χ3n) is 4.83. The maximum atomic E-state index is 5.77. The van der Waals surface area contributed by atoms with Crippen molar-refractivity contribution >= 4 is 0 Å². The number of methoxy groups -OCH3 is 2. The van der Waals surface area contributed by atoms with Crippen LogP contribution in [0.1, 0.15) is 47.0 Å². The predicted molar refractivity (Wildman–Crippen MR) is 104 cm³/mol. The second-order valence-corrected chi connectivity index (χ2v) is 6.57. The lowest BCUT2D eigenvalue weighted by Crippen LogP contribution is -2.31. The maximum absolute atomic E-state index is 5.77. The van der Waals surface area contributed by atoms with Crippen LogP contribution in [0.4, 0.5) is 0 Å². The van der Waals surface area contributed by atoms with Crippen LogP contribution >= 0.6 is 0 Å². The maximum Gasteiger partial charge on any atom is 0.102 e. The van der Waals surface area contributed by atoms with E-state index >= 15 is 0 Å². The fourth-order valence-corrected chi connectivity index (χ4v) is 3.18. The molecule has 0 bridgehead atoms. The van der Waals surface area contributed by atoms with Crippen molar-refractivity contribution in [1.29, 1.82) is 0 Å². The van der Waals surface area contributed by atoms with E-state index in [2.05, 4.69) is 58.6 Å². The second-order valence-electron chi connectivity index (χ2n) is 6.57. The van der Waals surface area contributed by atoms with Gasteiger partial charge in [-0.25, -0.2) is 0 Å². The summed E-state index contributed by atoms with van der Waals surface area (Å²) < 4.78 is 11.5. The van der Waals surface area contributed by atoms with Crippen LogP contribution in [0.25, 0.3) is 0 Å². The van der Waals surface area contributed by atoms with E-state index in [4.69, 9.17) is 9.47 Å². The Labute approximate surface area is 148 Å². The molecule has 0 fully saturated rings. The second kappa shape index (κ2) is 10.4. The molecule has 0 heterocycles. The molecule has 1 aliphatic carbocycles. The van der Waals surface area contributed by atoms with E-state index in [1.54, 1.807) is 14.2 Å². The van der Waals surface area contributed by atoms with Crippen molar-refractivity contribution in [2.45, 2.75) is 53.1 Å². The van der Waals surface area contributed by atoms with E-state index in [1.807, 2.05) is 6.08 Å². The number of hydrogen-bond acceptors (Lipinski definition) is 2. The van der Waals surface area contributed by atoms with Crippen molar-refractivity contribution < 1.29 is 9.47 Å². The highest BCUT2D eigenvalue weighted by Gasteiger charge is 2.32. The first-order chi connectivity index (χ1) is 11.5. The van der Waals surface area contributed by atoms with E-state index in [1.165, 1.54) is 12.0 Å². The van der Waals surface area contributed by atoms with E-state index in [-0.39, 0.29) is 12.0 Å². The topological polar surface area (TPSA) is 18.5 Å². The molecule has 0 amide bonds. The Bertz CT molecular complexity index is 534. The average molecular weight is 331 g/mol. The SMILES string of the molecule is C=C/C(=C\C=C(\C)CCC)C1=CC(OC)C(C(C)CC)C(OC)=C1. The molecule has 24 heavy (non-hydrogen) atoms. The molecule has 0 spiro atoms. The van der Waals surface area contributed by atoms with Crippen molar-refractivity contribution in [3.63, 3.8) is 0 Å². The summed E-state index contributed by atoms with van der Waals surface area (Å²) in [7, 11) is 3.52. The van der Waals surface area contributed by atoms with E-state index in [9.17, 15) is 0 Å². The Hall–Kier alpha value is -1.54. The van der Waals surface area contributed by atoms with Crippen molar-refractivity contribution in [1.82, 2.24) is 0 Å². The van der Waals surface area contributed by atoms with Gasteiger partial charge in [0.25, 0.3) is 0 Å². The van der Waals surface area contributed by atoms with E-state index in [0.717, 1.165) is 29.7 Å². The Kier molecular flexibility index (Phi) is 8.84. The first-order valence-corrected chi connectivity index (χ1v) is 9.02. The summed E-state index contributed by atoms with van der Waals surface area (Å²) in [5.41, 5.74) is 3.60. The van der Waals surface area contributed by atoms with Gasteiger partial charge in [-0.05, 0) is 42.6 Å².